The van der Waals surface area contributed by atoms with Gasteiger partial charge in [-0.1, -0.05) is 12.1 Å². The lowest BCUT2D eigenvalue weighted by molar-refractivity contribution is 0.819. The number of pyridine rings is 1. The Labute approximate surface area is 97.3 Å². The van der Waals surface area contributed by atoms with Crippen molar-refractivity contribution >= 4 is 18.7 Å². The highest BCUT2D eigenvalue weighted by Gasteiger charge is 2.18. The second-order valence-electron chi connectivity index (χ2n) is 4.69. The first-order valence-electron chi connectivity index (χ1n) is 6.21. The molecule has 2 aliphatic heterocycles. The van der Waals surface area contributed by atoms with E-state index in [-0.39, 0.29) is 0 Å². The molecule has 1 fully saturated rings. The summed E-state index contributed by atoms with van der Waals surface area (Å²) in [5, 5.41) is 6.76. The van der Waals surface area contributed by atoms with Crippen LogP contribution < -0.4 is 16.2 Å². The summed E-state index contributed by atoms with van der Waals surface area (Å²) in [5.74, 6) is 1.76. The Bertz CT molecular complexity index is 375. The number of aryl methyl sites for hydroxylation is 1. The topological polar surface area (TPSA) is 37.0 Å². The van der Waals surface area contributed by atoms with Gasteiger partial charge >= 0.3 is 0 Å². The van der Waals surface area contributed by atoms with Crippen LogP contribution in [0.15, 0.2) is 12.1 Å². The second-order valence-corrected chi connectivity index (χ2v) is 4.69. The molecule has 3 rings (SSSR count). The van der Waals surface area contributed by atoms with E-state index in [2.05, 4.69) is 35.0 Å². The van der Waals surface area contributed by atoms with Crippen LogP contribution in [-0.2, 0) is 6.42 Å². The second kappa shape index (κ2) is 4.46. The van der Waals surface area contributed by atoms with Crippen molar-refractivity contribution in [2.75, 3.05) is 25.0 Å². The monoisotopic (exact) mass is 214 g/mol. The molecule has 0 amide bonds. The molecule has 16 heavy (non-hydrogen) atoms. The van der Waals surface area contributed by atoms with Crippen molar-refractivity contribution in [3.8, 4) is 0 Å². The molecule has 1 saturated heterocycles. The smallest absolute Gasteiger partial charge is 0.182 e. The van der Waals surface area contributed by atoms with Crippen LogP contribution in [0.4, 0.5) is 5.82 Å². The lowest BCUT2D eigenvalue weighted by atomic mass is 9.61. The van der Waals surface area contributed by atoms with Crippen molar-refractivity contribution < 1.29 is 0 Å². The minimum atomic E-state index is 0.661. The Hall–Kier alpha value is -1.03. The predicted molar refractivity (Wildman–Crippen MR) is 67.7 cm³/mol. The molecular formula is C12H17BN3. The SMILES string of the molecule is [B](c1ccc2c(n1)NCCC2)C1CCNC1. The average Bonchev–Trinajstić information content (AvgIpc) is 2.82. The van der Waals surface area contributed by atoms with Crippen LogP contribution in [0, 0.1) is 0 Å². The maximum Gasteiger partial charge on any atom is 0.182 e. The standard InChI is InChI=1S/C12H17BN3/c1-2-9-3-4-11(16-12(9)15-6-1)13-10-5-7-14-8-10/h3-4,10,14H,1-2,5-8H2,(H,15,16). The summed E-state index contributed by atoms with van der Waals surface area (Å²) in [7, 11) is 2.30. The lowest BCUT2D eigenvalue weighted by Gasteiger charge is -2.18. The highest BCUT2D eigenvalue weighted by Crippen LogP contribution is 2.18. The highest BCUT2D eigenvalue weighted by molar-refractivity contribution is 6.54. The molecule has 3 heterocycles. The van der Waals surface area contributed by atoms with Crippen molar-refractivity contribution in [1.82, 2.24) is 10.3 Å². The van der Waals surface area contributed by atoms with E-state index in [9.17, 15) is 0 Å². The van der Waals surface area contributed by atoms with Crippen LogP contribution in [0.3, 0.4) is 0 Å². The zero-order valence-electron chi connectivity index (χ0n) is 9.50. The van der Waals surface area contributed by atoms with Crippen LogP contribution in [0.2, 0.25) is 5.82 Å². The van der Waals surface area contributed by atoms with E-state index < -0.39 is 0 Å². The number of anilines is 1. The minimum Gasteiger partial charge on any atom is -0.370 e. The van der Waals surface area contributed by atoms with E-state index in [0.717, 1.165) is 31.0 Å². The highest BCUT2D eigenvalue weighted by atomic mass is 15.0. The summed E-state index contributed by atoms with van der Waals surface area (Å²) in [4.78, 5) is 4.68. The van der Waals surface area contributed by atoms with E-state index in [4.69, 9.17) is 0 Å². The molecule has 1 atom stereocenters. The fraction of sp³-hybridized carbons (Fsp3) is 0.583. The summed E-state index contributed by atoms with van der Waals surface area (Å²) >= 11 is 0. The van der Waals surface area contributed by atoms with Crippen molar-refractivity contribution in [1.29, 1.82) is 0 Å². The lowest BCUT2D eigenvalue weighted by Crippen LogP contribution is -2.27. The number of fused-ring (bicyclic) bond motifs is 1. The third kappa shape index (κ3) is 2.07. The number of nitrogens with zero attached hydrogens (tertiary/aromatic N) is 1. The quantitative estimate of drug-likeness (QED) is 0.706. The van der Waals surface area contributed by atoms with Crippen molar-refractivity contribution in [2.45, 2.75) is 25.1 Å². The van der Waals surface area contributed by atoms with Gasteiger partial charge in [0.15, 0.2) is 7.28 Å². The summed E-state index contributed by atoms with van der Waals surface area (Å²) < 4.78 is 0. The first kappa shape index (κ1) is 10.1. The summed E-state index contributed by atoms with van der Waals surface area (Å²) in [6, 6.07) is 4.38. The molecule has 0 aromatic carbocycles. The van der Waals surface area contributed by atoms with E-state index in [1.54, 1.807) is 0 Å². The Morgan fingerprint density at radius 3 is 3.19 bits per heavy atom. The van der Waals surface area contributed by atoms with Gasteiger partial charge in [-0.25, -0.2) is 4.98 Å². The van der Waals surface area contributed by atoms with Crippen molar-refractivity contribution in [3.05, 3.63) is 17.7 Å². The van der Waals surface area contributed by atoms with E-state index in [1.165, 1.54) is 24.8 Å². The van der Waals surface area contributed by atoms with Gasteiger partial charge in [-0.05, 0) is 49.3 Å². The molecule has 83 valence electrons. The normalized spacial score (nSPS) is 23.6. The average molecular weight is 214 g/mol. The molecule has 2 N–H and O–H groups in total. The van der Waals surface area contributed by atoms with E-state index in [0.29, 0.717) is 5.82 Å². The van der Waals surface area contributed by atoms with Gasteiger partial charge in [0.05, 0.1) is 0 Å². The van der Waals surface area contributed by atoms with Gasteiger partial charge in [0.1, 0.15) is 5.82 Å². The zero-order valence-corrected chi connectivity index (χ0v) is 9.50. The Morgan fingerprint density at radius 2 is 2.31 bits per heavy atom. The van der Waals surface area contributed by atoms with Gasteiger partial charge in [-0.15, -0.1) is 0 Å². The predicted octanol–water partition coefficient (Wildman–Crippen LogP) is 0.551. The molecule has 4 heteroatoms. The van der Waals surface area contributed by atoms with Gasteiger partial charge in [0, 0.05) is 6.54 Å². The summed E-state index contributed by atoms with van der Waals surface area (Å²) in [6.07, 6.45) is 3.64. The molecule has 0 saturated carbocycles. The Kier molecular flexibility index (Phi) is 2.83. The van der Waals surface area contributed by atoms with Gasteiger partial charge in [0.2, 0.25) is 0 Å². The maximum absolute atomic E-state index is 4.68. The first-order chi connectivity index (χ1) is 7.92. The van der Waals surface area contributed by atoms with Crippen LogP contribution in [0.25, 0.3) is 0 Å². The van der Waals surface area contributed by atoms with Crippen LogP contribution in [-0.4, -0.2) is 31.9 Å². The molecule has 0 bridgehead atoms. The molecule has 0 aliphatic carbocycles. The molecule has 0 spiro atoms. The molecular weight excluding hydrogens is 197 g/mol. The molecule has 1 aromatic heterocycles. The largest absolute Gasteiger partial charge is 0.370 e. The molecule has 1 aromatic rings. The molecule has 3 nitrogen and oxygen atoms in total. The number of hydrogen-bond acceptors (Lipinski definition) is 3. The first-order valence-corrected chi connectivity index (χ1v) is 6.21. The van der Waals surface area contributed by atoms with Crippen molar-refractivity contribution in [3.63, 3.8) is 0 Å². The third-order valence-electron chi connectivity index (χ3n) is 3.42. The van der Waals surface area contributed by atoms with Crippen molar-refractivity contribution in [2.24, 2.45) is 0 Å². The maximum atomic E-state index is 4.68. The third-order valence-corrected chi connectivity index (χ3v) is 3.42. The van der Waals surface area contributed by atoms with E-state index in [1.807, 2.05) is 0 Å². The number of rotatable bonds is 2. The summed E-state index contributed by atoms with van der Waals surface area (Å²) in [5.41, 5.74) is 2.50. The van der Waals surface area contributed by atoms with Crippen LogP contribution >= 0.6 is 0 Å². The Morgan fingerprint density at radius 1 is 1.31 bits per heavy atom. The molecule has 2 aliphatic rings. The van der Waals surface area contributed by atoms with Gasteiger partial charge in [0.25, 0.3) is 0 Å². The number of hydrogen-bond donors (Lipinski definition) is 2. The Balaban J connectivity index is 1.74. The molecule has 1 unspecified atom stereocenters. The van der Waals surface area contributed by atoms with Gasteiger partial charge < -0.3 is 10.6 Å². The van der Waals surface area contributed by atoms with Crippen LogP contribution in [0.5, 0.6) is 0 Å². The molecule has 1 radical (unpaired) electrons. The fourth-order valence-corrected chi connectivity index (χ4v) is 2.50. The fourth-order valence-electron chi connectivity index (χ4n) is 2.50. The van der Waals surface area contributed by atoms with Crippen LogP contribution in [0.1, 0.15) is 18.4 Å². The number of aromatic nitrogens is 1. The number of nitrogens with one attached hydrogen (secondary N) is 2. The minimum absolute atomic E-state index is 0.661. The van der Waals surface area contributed by atoms with E-state index >= 15 is 0 Å². The van der Waals surface area contributed by atoms with Gasteiger partial charge in [-0.3, -0.25) is 0 Å². The zero-order chi connectivity index (χ0) is 10.8. The summed E-state index contributed by atoms with van der Waals surface area (Å²) in [6.45, 7) is 3.31. The van der Waals surface area contributed by atoms with Gasteiger partial charge in [-0.2, -0.15) is 0 Å².